The number of hydrogen-bond donors (Lipinski definition) is 1. The molecule has 1 unspecified atom stereocenters. The largest absolute Gasteiger partial charge is 0.376 e. The Morgan fingerprint density at radius 2 is 2.16 bits per heavy atom. The minimum atomic E-state index is 0.382. The minimum Gasteiger partial charge on any atom is -0.376 e. The molecule has 1 aliphatic heterocycles. The van der Waals surface area contributed by atoms with Gasteiger partial charge < -0.3 is 9.84 Å². The van der Waals surface area contributed by atoms with Crippen molar-refractivity contribution in [1.82, 2.24) is 10.1 Å². The van der Waals surface area contributed by atoms with Crippen molar-refractivity contribution in [3.63, 3.8) is 0 Å². The number of anilines is 1. The molecule has 1 aromatic carbocycles. The Morgan fingerprint density at radius 3 is 2.95 bits per heavy atom. The second-order valence-corrected chi connectivity index (χ2v) is 6.66. The van der Waals surface area contributed by atoms with Crippen molar-refractivity contribution in [2.24, 2.45) is 0 Å². The first-order valence-electron chi connectivity index (χ1n) is 6.22. The van der Waals surface area contributed by atoms with Crippen LogP contribution in [0.5, 0.6) is 0 Å². The van der Waals surface area contributed by atoms with Gasteiger partial charge in [-0.3, -0.25) is 0 Å². The van der Waals surface area contributed by atoms with Crippen molar-refractivity contribution in [2.45, 2.75) is 11.8 Å². The summed E-state index contributed by atoms with van der Waals surface area (Å²) < 4.78 is 5.29. The van der Waals surface area contributed by atoms with Gasteiger partial charge in [-0.05, 0) is 12.1 Å². The highest BCUT2D eigenvalue weighted by Gasteiger charge is 2.21. The third-order valence-electron chi connectivity index (χ3n) is 2.81. The number of rotatable bonds is 4. The van der Waals surface area contributed by atoms with Gasteiger partial charge in [-0.1, -0.05) is 23.4 Å². The van der Waals surface area contributed by atoms with E-state index in [1.807, 2.05) is 53.9 Å². The first-order valence-corrected chi connectivity index (χ1v) is 8.43. The lowest BCUT2D eigenvalue weighted by atomic mass is 10.3. The van der Waals surface area contributed by atoms with Gasteiger partial charge in [0.25, 0.3) is 0 Å². The summed E-state index contributed by atoms with van der Waals surface area (Å²) in [6.07, 6.45) is 0. The van der Waals surface area contributed by atoms with Crippen molar-refractivity contribution in [3.8, 4) is 0 Å². The van der Waals surface area contributed by atoms with E-state index in [2.05, 4.69) is 15.5 Å². The second-order valence-electron chi connectivity index (χ2n) is 4.20. The highest BCUT2D eigenvalue weighted by atomic mass is 32.2. The summed E-state index contributed by atoms with van der Waals surface area (Å²) in [7, 11) is 0. The van der Waals surface area contributed by atoms with Crippen LogP contribution in [-0.2, 0) is 6.54 Å². The van der Waals surface area contributed by atoms with Crippen molar-refractivity contribution in [2.75, 3.05) is 22.6 Å². The van der Waals surface area contributed by atoms with Crippen molar-refractivity contribution in [3.05, 3.63) is 42.0 Å². The van der Waals surface area contributed by atoms with Crippen molar-refractivity contribution in [1.29, 1.82) is 0 Å². The first kappa shape index (κ1) is 12.9. The average molecular weight is 293 g/mol. The predicted octanol–water partition coefficient (Wildman–Crippen LogP) is 3.20. The van der Waals surface area contributed by atoms with E-state index in [4.69, 9.17) is 4.52 Å². The fraction of sp³-hybridized carbons (Fsp3) is 0.385. The Labute approximate surface area is 120 Å². The maximum atomic E-state index is 5.29. The third-order valence-corrected chi connectivity index (χ3v) is 5.56. The second kappa shape index (κ2) is 6.34. The van der Waals surface area contributed by atoms with Crippen LogP contribution in [0, 0.1) is 0 Å². The number of hydrogen-bond acceptors (Lipinski definition) is 6. The summed E-state index contributed by atoms with van der Waals surface area (Å²) >= 11 is 3.88. The van der Waals surface area contributed by atoms with Crippen molar-refractivity contribution >= 4 is 29.2 Å². The van der Waals surface area contributed by atoms with E-state index in [0.29, 0.717) is 17.7 Å². The molecule has 1 saturated heterocycles. The Hall–Kier alpha value is -1.14. The van der Waals surface area contributed by atoms with E-state index >= 15 is 0 Å². The van der Waals surface area contributed by atoms with Gasteiger partial charge in [0.1, 0.15) is 0 Å². The Kier molecular flexibility index (Phi) is 4.30. The van der Waals surface area contributed by atoms with Crippen LogP contribution in [-0.4, -0.2) is 27.4 Å². The van der Waals surface area contributed by atoms with E-state index in [0.717, 1.165) is 17.3 Å². The molecule has 1 atom stereocenters. The zero-order valence-electron chi connectivity index (χ0n) is 10.4. The Morgan fingerprint density at radius 1 is 1.26 bits per heavy atom. The van der Waals surface area contributed by atoms with Gasteiger partial charge in [-0.25, -0.2) is 0 Å². The monoisotopic (exact) mass is 293 g/mol. The molecule has 3 rings (SSSR count). The van der Waals surface area contributed by atoms with E-state index < -0.39 is 0 Å². The molecule has 1 aromatic heterocycles. The summed E-state index contributed by atoms with van der Waals surface area (Å²) in [4.78, 5) is 4.47. The molecule has 0 amide bonds. The fourth-order valence-electron chi connectivity index (χ4n) is 1.84. The number of aromatic nitrogens is 2. The molecule has 1 fully saturated rings. The summed E-state index contributed by atoms with van der Waals surface area (Å²) in [5.74, 6) is 4.95. The Bertz CT molecular complexity index is 512. The first-order chi connectivity index (χ1) is 9.42. The van der Waals surface area contributed by atoms with Gasteiger partial charge in [-0.15, -0.1) is 11.8 Å². The zero-order valence-corrected chi connectivity index (χ0v) is 12.0. The lowest BCUT2D eigenvalue weighted by molar-refractivity contribution is 0.378. The summed E-state index contributed by atoms with van der Waals surface area (Å²) in [6.45, 7) is 0.571. The summed E-state index contributed by atoms with van der Waals surface area (Å²) in [5.41, 5.74) is 1.06. The lowest BCUT2D eigenvalue weighted by Crippen LogP contribution is -2.08. The summed E-state index contributed by atoms with van der Waals surface area (Å²) in [5, 5.41) is 7.74. The molecule has 6 heteroatoms. The number of thioether (sulfide) groups is 2. The average Bonchev–Trinajstić information content (AvgIpc) is 2.96. The van der Waals surface area contributed by atoms with Gasteiger partial charge >= 0.3 is 0 Å². The third kappa shape index (κ3) is 3.45. The van der Waals surface area contributed by atoms with Gasteiger partial charge in [0.15, 0.2) is 5.82 Å². The lowest BCUT2D eigenvalue weighted by Gasteiger charge is -2.16. The molecule has 0 spiro atoms. The van der Waals surface area contributed by atoms with Gasteiger partial charge in [0.05, 0.1) is 11.8 Å². The number of nitrogens with one attached hydrogen (secondary N) is 1. The van der Waals surface area contributed by atoms with E-state index in [1.165, 1.54) is 11.5 Å². The molecule has 2 heterocycles. The van der Waals surface area contributed by atoms with Gasteiger partial charge in [0.2, 0.25) is 5.89 Å². The number of nitrogens with zero attached hydrogens (tertiary/aromatic N) is 2. The molecule has 100 valence electrons. The molecule has 1 aliphatic rings. The molecule has 0 bridgehead atoms. The maximum absolute atomic E-state index is 5.29. The van der Waals surface area contributed by atoms with Crippen LogP contribution >= 0.6 is 23.5 Å². The van der Waals surface area contributed by atoms with Gasteiger partial charge in [-0.2, -0.15) is 16.7 Å². The van der Waals surface area contributed by atoms with Crippen LogP contribution in [0.2, 0.25) is 0 Å². The van der Waals surface area contributed by atoms with Crippen LogP contribution < -0.4 is 5.32 Å². The normalized spacial score (nSPS) is 19.3. The van der Waals surface area contributed by atoms with Crippen LogP contribution in [0.15, 0.2) is 34.9 Å². The molecular formula is C13H15N3OS2. The van der Waals surface area contributed by atoms with Crippen LogP contribution in [0.4, 0.5) is 5.69 Å². The topological polar surface area (TPSA) is 51.0 Å². The number of benzene rings is 1. The van der Waals surface area contributed by atoms with Crippen LogP contribution in [0.3, 0.4) is 0 Å². The van der Waals surface area contributed by atoms with E-state index in [9.17, 15) is 0 Å². The molecule has 0 saturated carbocycles. The van der Waals surface area contributed by atoms with E-state index in [1.54, 1.807) is 0 Å². The molecular weight excluding hydrogens is 278 g/mol. The predicted molar refractivity (Wildman–Crippen MR) is 80.6 cm³/mol. The molecule has 2 aromatic rings. The minimum absolute atomic E-state index is 0.382. The van der Waals surface area contributed by atoms with Crippen molar-refractivity contribution < 1.29 is 4.52 Å². The molecule has 0 radical (unpaired) electrons. The SMILES string of the molecule is c1ccc(NCc2nc(C3CSCCS3)no2)cc1. The van der Waals surface area contributed by atoms with Crippen LogP contribution in [0.25, 0.3) is 0 Å². The summed E-state index contributed by atoms with van der Waals surface area (Å²) in [6, 6.07) is 10.0. The molecule has 19 heavy (non-hydrogen) atoms. The standard InChI is InChI=1S/C13H15N3OS2/c1-2-4-10(5-3-1)14-8-12-15-13(16-17-12)11-9-18-6-7-19-11/h1-5,11,14H,6-9H2. The van der Waals surface area contributed by atoms with Crippen LogP contribution in [0.1, 0.15) is 17.0 Å². The Balaban J connectivity index is 1.58. The zero-order chi connectivity index (χ0) is 12.9. The highest BCUT2D eigenvalue weighted by molar-refractivity contribution is 8.06. The maximum Gasteiger partial charge on any atom is 0.245 e. The quantitative estimate of drug-likeness (QED) is 0.934. The van der Waals surface area contributed by atoms with E-state index in [-0.39, 0.29) is 0 Å². The molecule has 0 aliphatic carbocycles. The smallest absolute Gasteiger partial charge is 0.245 e. The fourth-order valence-corrected chi connectivity index (χ4v) is 4.43. The molecule has 1 N–H and O–H groups in total. The van der Waals surface area contributed by atoms with Gasteiger partial charge in [0, 0.05) is 22.9 Å². The highest BCUT2D eigenvalue weighted by Crippen LogP contribution is 2.35. The molecule has 4 nitrogen and oxygen atoms in total. The number of para-hydroxylation sites is 1.